The second-order valence-electron chi connectivity index (χ2n) is 7.20. The molecule has 1 heterocycles. The van der Waals surface area contributed by atoms with Crippen molar-refractivity contribution in [2.45, 2.75) is 51.0 Å². The third kappa shape index (κ3) is 1.80. The highest BCUT2D eigenvalue weighted by molar-refractivity contribution is 5.41. The van der Waals surface area contributed by atoms with Gasteiger partial charge in [0.05, 0.1) is 18.1 Å². The number of aromatic nitrogens is 2. The normalized spacial score (nSPS) is 38.1. The highest BCUT2D eigenvalue weighted by Crippen LogP contribution is 2.58. The van der Waals surface area contributed by atoms with Crippen LogP contribution >= 0.6 is 0 Å². The van der Waals surface area contributed by atoms with Crippen LogP contribution in [0.1, 0.15) is 45.4 Å². The molecule has 4 heteroatoms. The Balaban J connectivity index is 1.68. The Hall–Kier alpha value is -1.32. The van der Waals surface area contributed by atoms with Crippen molar-refractivity contribution >= 4 is 11.6 Å². The first-order chi connectivity index (χ1) is 9.68. The molecule has 0 atom stereocenters. The lowest BCUT2D eigenvalue weighted by Crippen LogP contribution is -2.60. The maximum Gasteiger partial charge on any atom is 0.225 e. The van der Waals surface area contributed by atoms with Crippen molar-refractivity contribution in [3.8, 4) is 0 Å². The monoisotopic (exact) mass is 272 g/mol. The molecule has 20 heavy (non-hydrogen) atoms. The average molecular weight is 272 g/mol. The molecule has 0 amide bonds. The van der Waals surface area contributed by atoms with Crippen LogP contribution in [0.5, 0.6) is 0 Å². The molecule has 4 aliphatic rings. The molecule has 4 aliphatic carbocycles. The minimum atomic E-state index is 0.333. The molecule has 0 spiro atoms. The standard InChI is InChI=1S/C16H24N4/c1-2-20(15-18-9-14(17)10-19-15)16-6-11-3-12(7-16)5-13(4-11)8-16/h9-13H,2-8,17H2,1H3. The molecule has 4 fully saturated rings. The molecule has 0 unspecified atom stereocenters. The van der Waals surface area contributed by atoms with Crippen molar-refractivity contribution in [2.75, 3.05) is 17.2 Å². The molecule has 108 valence electrons. The van der Waals surface area contributed by atoms with Gasteiger partial charge in [0.1, 0.15) is 0 Å². The second-order valence-corrected chi connectivity index (χ2v) is 7.20. The lowest BCUT2D eigenvalue weighted by atomic mass is 9.52. The van der Waals surface area contributed by atoms with Crippen LogP contribution in [0.25, 0.3) is 0 Å². The molecular formula is C16H24N4. The maximum atomic E-state index is 5.73. The van der Waals surface area contributed by atoms with E-state index in [1.165, 1.54) is 38.5 Å². The summed E-state index contributed by atoms with van der Waals surface area (Å²) in [5.74, 6) is 3.72. The second kappa shape index (κ2) is 4.34. The third-order valence-electron chi connectivity index (χ3n) is 5.79. The first-order valence-corrected chi connectivity index (χ1v) is 8.04. The summed E-state index contributed by atoms with van der Waals surface area (Å²) in [4.78, 5) is 11.5. The summed E-state index contributed by atoms with van der Waals surface area (Å²) >= 11 is 0. The van der Waals surface area contributed by atoms with Gasteiger partial charge in [-0.15, -0.1) is 0 Å². The fraction of sp³-hybridized carbons (Fsp3) is 0.750. The van der Waals surface area contributed by atoms with Gasteiger partial charge in [-0.1, -0.05) is 0 Å². The fourth-order valence-corrected chi connectivity index (χ4v) is 5.56. The van der Waals surface area contributed by atoms with Crippen molar-refractivity contribution in [1.82, 2.24) is 9.97 Å². The zero-order valence-electron chi connectivity index (χ0n) is 12.3. The Morgan fingerprint density at radius 3 is 2.05 bits per heavy atom. The summed E-state index contributed by atoms with van der Waals surface area (Å²) < 4.78 is 0. The van der Waals surface area contributed by atoms with E-state index in [-0.39, 0.29) is 0 Å². The molecule has 1 aromatic heterocycles. The molecular weight excluding hydrogens is 248 g/mol. The zero-order valence-corrected chi connectivity index (χ0v) is 12.3. The predicted octanol–water partition coefficient (Wildman–Crippen LogP) is 2.85. The summed E-state index contributed by atoms with van der Waals surface area (Å²) in [6.07, 6.45) is 11.9. The first kappa shape index (κ1) is 12.4. The number of nitrogens with zero attached hydrogens (tertiary/aromatic N) is 3. The van der Waals surface area contributed by atoms with Gasteiger partial charge in [-0.25, -0.2) is 9.97 Å². The smallest absolute Gasteiger partial charge is 0.225 e. The third-order valence-corrected chi connectivity index (χ3v) is 5.79. The van der Waals surface area contributed by atoms with Crippen molar-refractivity contribution in [3.05, 3.63) is 12.4 Å². The van der Waals surface area contributed by atoms with Crippen LogP contribution in [0.15, 0.2) is 12.4 Å². The molecule has 0 aromatic carbocycles. The molecule has 2 N–H and O–H groups in total. The quantitative estimate of drug-likeness (QED) is 0.919. The van der Waals surface area contributed by atoms with Gasteiger partial charge in [0.15, 0.2) is 0 Å². The zero-order chi connectivity index (χ0) is 13.7. The van der Waals surface area contributed by atoms with Gasteiger partial charge in [0.25, 0.3) is 0 Å². The van der Waals surface area contributed by atoms with Crippen LogP contribution < -0.4 is 10.6 Å². The molecule has 0 aliphatic heterocycles. The van der Waals surface area contributed by atoms with E-state index >= 15 is 0 Å². The minimum Gasteiger partial charge on any atom is -0.396 e. The van der Waals surface area contributed by atoms with Gasteiger partial charge in [0, 0.05) is 12.1 Å². The van der Waals surface area contributed by atoms with Gasteiger partial charge < -0.3 is 10.6 Å². The van der Waals surface area contributed by atoms with Crippen molar-refractivity contribution in [2.24, 2.45) is 17.8 Å². The van der Waals surface area contributed by atoms with E-state index in [1.807, 2.05) is 0 Å². The minimum absolute atomic E-state index is 0.333. The summed E-state index contributed by atoms with van der Waals surface area (Å²) in [7, 11) is 0. The van der Waals surface area contributed by atoms with E-state index in [4.69, 9.17) is 5.73 Å². The van der Waals surface area contributed by atoms with Crippen molar-refractivity contribution in [3.63, 3.8) is 0 Å². The molecule has 4 bridgehead atoms. The lowest BCUT2D eigenvalue weighted by molar-refractivity contribution is -0.00451. The topological polar surface area (TPSA) is 55.0 Å². The number of anilines is 2. The summed E-state index contributed by atoms with van der Waals surface area (Å²) in [5.41, 5.74) is 6.71. The van der Waals surface area contributed by atoms with E-state index in [2.05, 4.69) is 21.8 Å². The highest BCUT2D eigenvalue weighted by atomic mass is 15.3. The molecule has 1 aromatic rings. The van der Waals surface area contributed by atoms with Crippen molar-refractivity contribution in [1.29, 1.82) is 0 Å². The molecule has 0 saturated heterocycles. The molecule has 0 radical (unpaired) electrons. The largest absolute Gasteiger partial charge is 0.396 e. The Labute approximate surface area is 120 Å². The van der Waals surface area contributed by atoms with E-state index in [9.17, 15) is 0 Å². The maximum absolute atomic E-state index is 5.73. The van der Waals surface area contributed by atoms with Crippen molar-refractivity contribution < 1.29 is 0 Å². The average Bonchev–Trinajstić information content (AvgIpc) is 2.40. The van der Waals surface area contributed by atoms with Crippen LogP contribution in [0.3, 0.4) is 0 Å². The molecule has 4 nitrogen and oxygen atoms in total. The molecule has 4 saturated carbocycles. The van der Waals surface area contributed by atoms with Gasteiger partial charge in [-0.3, -0.25) is 0 Å². The van der Waals surface area contributed by atoms with E-state index in [0.717, 1.165) is 30.2 Å². The van der Waals surface area contributed by atoms with Crippen LogP contribution in [-0.2, 0) is 0 Å². The van der Waals surface area contributed by atoms with Crippen LogP contribution in [0.4, 0.5) is 11.6 Å². The Kier molecular flexibility index (Phi) is 2.69. The van der Waals surface area contributed by atoms with Crippen LogP contribution in [0.2, 0.25) is 0 Å². The van der Waals surface area contributed by atoms with Gasteiger partial charge >= 0.3 is 0 Å². The highest BCUT2D eigenvalue weighted by Gasteiger charge is 2.53. The van der Waals surface area contributed by atoms with Crippen LogP contribution in [-0.4, -0.2) is 22.1 Å². The SMILES string of the molecule is CCN(c1ncc(N)cn1)C12CC3CC(CC(C3)C1)C2. The van der Waals surface area contributed by atoms with E-state index < -0.39 is 0 Å². The van der Waals surface area contributed by atoms with Crippen LogP contribution in [0, 0.1) is 17.8 Å². The fourth-order valence-electron chi connectivity index (χ4n) is 5.56. The Morgan fingerprint density at radius 2 is 1.60 bits per heavy atom. The number of hydrogen-bond acceptors (Lipinski definition) is 4. The lowest BCUT2D eigenvalue weighted by Gasteiger charge is -2.60. The first-order valence-electron chi connectivity index (χ1n) is 8.04. The van der Waals surface area contributed by atoms with Gasteiger partial charge in [0.2, 0.25) is 5.95 Å². The number of nitrogens with two attached hydrogens (primary N) is 1. The van der Waals surface area contributed by atoms with Gasteiger partial charge in [-0.2, -0.15) is 0 Å². The Bertz CT molecular complexity index is 460. The van der Waals surface area contributed by atoms with E-state index in [1.54, 1.807) is 12.4 Å². The predicted molar refractivity (Wildman–Crippen MR) is 80.4 cm³/mol. The summed E-state index contributed by atoms with van der Waals surface area (Å²) in [6, 6.07) is 0. The number of hydrogen-bond donors (Lipinski definition) is 1. The van der Waals surface area contributed by atoms with E-state index in [0.29, 0.717) is 11.2 Å². The number of rotatable bonds is 3. The molecule has 5 rings (SSSR count). The summed E-state index contributed by atoms with van der Waals surface area (Å²) in [6.45, 7) is 3.23. The summed E-state index contributed by atoms with van der Waals surface area (Å²) in [5, 5.41) is 0. The van der Waals surface area contributed by atoms with Gasteiger partial charge in [-0.05, 0) is 63.2 Å². The Morgan fingerprint density at radius 1 is 1.10 bits per heavy atom. The number of nitrogen functional groups attached to an aromatic ring is 1.